The van der Waals surface area contributed by atoms with Gasteiger partial charge < -0.3 is 4.43 Å². The summed E-state index contributed by atoms with van der Waals surface area (Å²) in [5.41, 5.74) is -0.215. The van der Waals surface area contributed by atoms with E-state index in [0.717, 1.165) is 5.92 Å². The first-order valence-corrected chi connectivity index (χ1v) is 8.50. The molecular formula is C15H28O2Si. The van der Waals surface area contributed by atoms with Gasteiger partial charge >= 0.3 is 0 Å². The van der Waals surface area contributed by atoms with Crippen molar-refractivity contribution in [2.75, 3.05) is 0 Å². The fourth-order valence-electron chi connectivity index (χ4n) is 4.42. The van der Waals surface area contributed by atoms with Crippen LogP contribution < -0.4 is 0 Å². The number of carbonyl (C=O) groups excluding carboxylic acids is 1. The van der Waals surface area contributed by atoms with Crippen LogP contribution in [0.1, 0.15) is 65.2 Å². The van der Waals surface area contributed by atoms with Crippen LogP contribution in [-0.2, 0) is 9.22 Å². The van der Waals surface area contributed by atoms with E-state index in [-0.39, 0.29) is 11.4 Å². The molecule has 2 aliphatic carbocycles. The molecule has 3 heteroatoms. The van der Waals surface area contributed by atoms with Crippen molar-refractivity contribution in [2.24, 2.45) is 23.2 Å². The van der Waals surface area contributed by atoms with Gasteiger partial charge in [-0.25, -0.2) is 0 Å². The van der Waals surface area contributed by atoms with Crippen LogP contribution in [0.3, 0.4) is 0 Å². The summed E-state index contributed by atoms with van der Waals surface area (Å²) in [6.45, 7) is 4.51. The summed E-state index contributed by atoms with van der Waals surface area (Å²) >= 11 is 0. The molecule has 0 spiro atoms. The Morgan fingerprint density at radius 3 is 2.17 bits per heavy atom. The molecule has 18 heavy (non-hydrogen) atoms. The molecule has 2 saturated carbocycles. The van der Waals surface area contributed by atoms with Gasteiger partial charge in [0.25, 0.3) is 5.97 Å². The van der Waals surface area contributed by atoms with Crippen LogP contribution in [0, 0.1) is 23.2 Å². The van der Waals surface area contributed by atoms with E-state index in [0.29, 0.717) is 22.3 Å². The number of rotatable bonds is 4. The molecule has 0 bridgehead atoms. The highest BCUT2D eigenvalue weighted by molar-refractivity contribution is 6.06. The smallest absolute Gasteiger partial charge is 0.298 e. The third-order valence-corrected chi connectivity index (χ3v) is 6.25. The lowest BCUT2D eigenvalue weighted by atomic mass is 9.63. The minimum absolute atomic E-state index is 0.0977. The number of hydrogen-bond acceptors (Lipinski definition) is 2. The van der Waals surface area contributed by atoms with Crippen molar-refractivity contribution in [3.8, 4) is 0 Å². The first kappa shape index (κ1) is 14.1. The average Bonchev–Trinajstić information content (AvgIpc) is 3.07. The SMILES string of the molecule is CC(C1CCCC1)C(C)(C(=O)O[SiH3])C1CCCC1. The summed E-state index contributed by atoms with van der Waals surface area (Å²) < 4.78 is 5.31. The molecule has 2 fully saturated rings. The average molecular weight is 268 g/mol. The highest BCUT2D eigenvalue weighted by Gasteiger charge is 2.49. The number of hydrogen-bond donors (Lipinski definition) is 0. The molecule has 0 aromatic heterocycles. The normalized spacial score (nSPS) is 27.2. The zero-order valence-electron chi connectivity index (χ0n) is 12.2. The molecule has 104 valence electrons. The van der Waals surface area contributed by atoms with Gasteiger partial charge in [0.2, 0.25) is 10.5 Å². The van der Waals surface area contributed by atoms with E-state index in [9.17, 15) is 4.79 Å². The van der Waals surface area contributed by atoms with Crippen molar-refractivity contribution < 1.29 is 9.22 Å². The molecule has 2 atom stereocenters. The third-order valence-electron chi connectivity index (χ3n) is 5.88. The van der Waals surface area contributed by atoms with E-state index in [1.165, 1.54) is 51.4 Å². The zero-order valence-corrected chi connectivity index (χ0v) is 14.2. The first-order chi connectivity index (χ1) is 8.60. The van der Waals surface area contributed by atoms with E-state index in [1.54, 1.807) is 0 Å². The maximum Gasteiger partial charge on any atom is 0.298 e. The highest BCUT2D eigenvalue weighted by Crippen LogP contribution is 2.50. The van der Waals surface area contributed by atoms with Crippen LogP contribution in [0.15, 0.2) is 0 Å². The third kappa shape index (κ3) is 2.38. The molecule has 0 heterocycles. The largest absolute Gasteiger partial charge is 0.528 e. The lowest BCUT2D eigenvalue weighted by molar-refractivity contribution is -0.153. The van der Waals surface area contributed by atoms with Gasteiger partial charge in [-0.1, -0.05) is 45.4 Å². The second-order valence-electron chi connectivity index (χ2n) is 6.59. The Morgan fingerprint density at radius 1 is 1.17 bits per heavy atom. The Balaban J connectivity index is 2.19. The Labute approximate surface area is 114 Å². The molecule has 2 rings (SSSR count). The lowest BCUT2D eigenvalue weighted by Crippen LogP contribution is -2.44. The molecule has 0 aliphatic heterocycles. The van der Waals surface area contributed by atoms with Crippen LogP contribution in [0.2, 0.25) is 0 Å². The van der Waals surface area contributed by atoms with Gasteiger partial charge in [0.1, 0.15) is 0 Å². The molecular weight excluding hydrogens is 240 g/mol. The van der Waals surface area contributed by atoms with Crippen LogP contribution in [0.4, 0.5) is 0 Å². The maximum absolute atomic E-state index is 12.4. The topological polar surface area (TPSA) is 26.3 Å². The molecule has 0 aromatic carbocycles. The summed E-state index contributed by atoms with van der Waals surface area (Å²) in [5.74, 6) is 1.90. The van der Waals surface area contributed by atoms with Crippen LogP contribution in [-0.4, -0.2) is 16.5 Å². The predicted octanol–water partition coefficient (Wildman–Crippen LogP) is 2.83. The summed E-state index contributed by atoms with van der Waals surface area (Å²) in [6.07, 6.45) is 10.4. The Morgan fingerprint density at radius 2 is 1.67 bits per heavy atom. The molecule has 0 amide bonds. The van der Waals surface area contributed by atoms with Gasteiger partial charge in [0.05, 0.1) is 5.41 Å². The minimum atomic E-state index is -0.215. The molecule has 0 radical (unpaired) electrons. The van der Waals surface area contributed by atoms with E-state index in [1.807, 2.05) is 0 Å². The van der Waals surface area contributed by atoms with E-state index < -0.39 is 0 Å². The molecule has 0 saturated heterocycles. The molecule has 0 aromatic rings. The van der Waals surface area contributed by atoms with Crippen molar-refractivity contribution in [2.45, 2.75) is 65.2 Å². The monoisotopic (exact) mass is 268 g/mol. The van der Waals surface area contributed by atoms with Gasteiger partial charge in [-0.2, -0.15) is 0 Å². The second kappa shape index (κ2) is 5.77. The van der Waals surface area contributed by atoms with Crippen LogP contribution in [0.5, 0.6) is 0 Å². The fourth-order valence-corrected chi connectivity index (χ4v) is 4.86. The maximum atomic E-state index is 12.4. The zero-order chi connectivity index (χ0) is 13.2. The van der Waals surface area contributed by atoms with Crippen molar-refractivity contribution in [3.63, 3.8) is 0 Å². The van der Waals surface area contributed by atoms with Gasteiger partial charge in [0.15, 0.2) is 0 Å². The second-order valence-corrected chi connectivity index (χ2v) is 7.00. The number of carbonyl (C=O) groups is 1. The standard InChI is InChI=1S/C15H28O2Si/c1-11(12-7-3-4-8-12)15(2,14(16)17-18)13-9-5-6-10-13/h11-13H,3-10H2,1-2,18H3. The molecule has 2 nitrogen and oxygen atoms in total. The molecule has 0 N–H and O–H groups in total. The van der Waals surface area contributed by atoms with E-state index >= 15 is 0 Å². The van der Waals surface area contributed by atoms with E-state index in [2.05, 4.69) is 13.8 Å². The molecule has 2 aliphatic rings. The Kier molecular flexibility index (Phi) is 4.52. The van der Waals surface area contributed by atoms with E-state index in [4.69, 9.17) is 4.43 Å². The predicted molar refractivity (Wildman–Crippen MR) is 77.2 cm³/mol. The quantitative estimate of drug-likeness (QED) is 0.733. The first-order valence-electron chi connectivity index (χ1n) is 7.69. The molecule has 2 unspecified atom stereocenters. The highest BCUT2D eigenvalue weighted by atomic mass is 28.2. The van der Waals surface area contributed by atoms with Crippen molar-refractivity contribution in [1.82, 2.24) is 0 Å². The van der Waals surface area contributed by atoms with Gasteiger partial charge in [0, 0.05) is 0 Å². The van der Waals surface area contributed by atoms with Gasteiger partial charge in [-0.15, -0.1) is 0 Å². The minimum Gasteiger partial charge on any atom is -0.528 e. The van der Waals surface area contributed by atoms with Crippen LogP contribution in [0.25, 0.3) is 0 Å². The van der Waals surface area contributed by atoms with Gasteiger partial charge in [-0.3, -0.25) is 4.79 Å². The van der Waals surface area contributed by atoms with Crippen LogP contribution >= 0.6 is 0 Å². The Hall–Kier alpha value is -0.313. The van der Waals surface area contributed by atoms with Crippen molar-refractivity contribution in [3.05, 3.63) is 0 Å². The van der Waals surface area contributed by atoms with Gasteiger partial charge in [-0.05, 0) is 37.5 Å². The summed E-state index contributed by atoms with van der Waals surface area (Å²) in [6, 6.07) is 0. The Bertz CT molecular complexity index is 293. The van der Waals surface area contributed by atoms with Crippen molar-refractivity contribution >= 4 is 16.5 Å². The summed E-state index contributed by atoms with van der Waals surface area (Å²) in [5, 5.41) is 0. The lowest BCUT2D eigenvalue weighted by Gasteiger charge is -2.41. The summed E-state index contributed by atoms with van der Waals surface area (Å²) in [7, 11) is 0.536. The summed E-state index contributed by atoms with van der Waals surface area (Å²) in [4.78, 5) is 12.4. The van der Waals surface area contributed by atoms with Crippen molar-refractivity contribution in [1.29, 1.82) is 0 Å². The fraction of sp³-hybridized carbons (Fsp3) is 0.933.